The first-order valence-corrected chi connectivity index (χ1v) is 7.06. The summed E-state index contributed by atoms with van der Waals surface area (Å²) in [6, 6.07) is 6.61. The van der Waals surface area contributed by atoms with Crippen LogP contribution in [0.2, 0.25) is 0 Å². The summed E-state index contributed by atoms with van der Waals surface area (Å²) in [7, 11) is 1.99. The van der Waals surface area contributed by atoms with Crippen molar-refractivity contribution in [2.24, 2.45) is 0 Å². The van der Waals surface area contributed by atoms with Crippen LogP contribution in [0.1, 0.15) is 24.5 Å². The van der Waals surface area contributed by atoms with E-state index in [0.717, 1.165) is 32.7 Å². The summed E-state index contributed by atoms with van der Waals surface area (Å²) in [5.41, 5.74) is 5.19. The third kappa shape index (κ3) is 3.29. The lowest BCUT2D eigenvalue weighted by molar-refractivity contribution is 0.270. The van der Waals surface area contributed by atoms with Gasteiger partial charge in [0, 0.05) is 38.1 Å². The topological polar surface area (TPSA) is 18.5 Å². The number of anilines is 1. The first kappa shape index (κ1) is 13.9. The molecule has 1 aliphatic heterocycles. The van der Waals surface area contributed by atoms with Crippen LogP contribution in [0.15, 0.2) is 30.5 Å². The van der Waals surface area contributed by atoms with Gasteiger partial charge in [-0.05, 0) is 25.0 Å². The minimum Gasteiger partial charge on any atom is -0.388 e. The van der Waals surface area contributed by atoms with Gasteiger partial charge in [-0.1, -0.05) is 31.2 Å². The monoisotopic (exact) mass is 259 g/mol. The van der Waals surface area contributed by atoms with E-state index in [1.807, 2.05) is 7.05 Å². The van der Waals surface area contributed by atoms with Crippen LogP contribution in [-0.4, -0.2) is 36.6 Å². The molecule has 0 spiro atoms. The molecule has 3 nitrogen and oxygen atoms in total. The van der Waals surface area contributed by atoms with Crippen LogP contribution >= 0.6 is 0 Å². The van der Waals surface area contributed by atoms with E-state index in [1.165, 1.54) is 22.5 Å². The van der Waals surface area contributed by atoms with Gasteiger partial charge in [0.1, 0.15) is 0 Å². The molecule has 0 radical (unpaired) electrons. The number of benzene rings is 1. The maximum absolute atomic E-state index is 4.13. The Bertz CT molecular complexity index is 453. The van der Waals surface area contributed by atoms with Crippen molar-refractivity contribution in [3.8, 4) is 0 Å². The molecule has 1 aromatic carbocycles. The van der Waals surface area contributed by atoms with Gasteiger partial charge in [-0.2, -0.15) is 0 Å². The molecular formula is C16H25N3. The van der Waals surface area contributed by atoms with E-state index in [-0.39, 0.29) is 0 Å². The highest BCUT2D eigenvalue weighted by molar-refractivity contribution is 5.52. The van der Waals surface area contributed by atoms with Crippen molar-refractivity contribution in [1.29, 1.82) is 0 Å². The van der Waals surface area contributed by atoms with E-state index in [0.29, 0.717) is 0 Å². The third-order valence-corrected chi connectivity index (χ3v) is 3.84. The van der Waals surface area contributed by atoms with Gasteiger partial charge in [-0.15, -0.1) is 0 Å². The molecule has 0 atom stereocenters. The molecule has 0 unspecified atom stereocenters. The van der Waals surface area contributed by atoms with Gasteiger partial charge in [-0.25, -0.2) is 0 Å². The van der Waals surface area contributed by atoms with Crippen LogP contribution in [0.4, 0.5) is 5.69 Å². The van der Waals surface area contributed by atoms with Crippen LogP contribution < -0.4 is 5.32 Å². The third-order valence-electron chi connectivity index (χ3n) is 3.84. The Balaban J connectivity index is 2.03. The first-order chi connectivity index (χ1) is 9.13. The Morgan fingerprint density at radius 3 is 2.84 bits per heavy atom. The van der Waals surface area contributed by atoms with Crippen LogP contribution in [0.5, 0.6) is 0 Å². The number of nitrogens with zero attached hydrogens (tertiary/aromatic N) is 2. The van der Waals surface area contributed by atoms with Gasteiger partial charge in [0.25, 0.3) is 0 Å². The maximum Gasteiger partial charge on any atom is 0.0707 e. The second-order valence-electron chi connectivity index (χ2n) is 5.29. The molecule has 1 fully saturated rings. The number of hydrogen-bond acceptors (Lipinski definition) is 3. The molecule has 2 rings (SSSR count). The van der Waals surface area contributed by atoms with Gasteiger partial charge in [0.2, 0.25) is 0 Å². The average Bonchev–Trinajstić information content (AvgIpc) is 2.86. The van der Waals surface area contributed by atoms with Crippen molar-refractivity contribution in [2.45, 2.75) is 26.8 Å². The normalized spacial score (nSPS) is 15.8. The molecule has 1 heterocycles. The quantitative estimate of drug-likeness (QED) is 0.877. The molecule has 1 saturated heterocycles. The number of hydrogen-bond donors (Lipinski definition) is 1. The predicted octanol–water partition coefficient (Wildman–Crippen LogP) is 3.04. The van der Waals surface area contributed by atoms with E-state index in [9.17, 15) is 0 Å². The van der Waals surface area contributed by atoms with Crippen LogP contribution in [0.25, 0.3) is 0 Å². The lowest BCUT2D eigenvalue weighted by Gasteiger charge is -2.22. The zero-order valence-electron chi connectivity index (χ0n) is 12.4. The molecule has 0 aliphatic carbocycles. The molecular weight excluding hydrogens is 234 g/mol. The number of aryl methyl sites for hydroxylation is 1. The zero-order valence-corrected chi connectivity index (χ0v) is 12.4. The highest BCUT2D eigenvalue weighted by Crippen LogP contribution is 2.21. The zero-order chi connectivity index (χ0) is 13.8. The van der Waals surface area contributed by atoms with Gasteiger partial charge >= 0.3 is 0 Å². The van der Waals surface area contributed by atoms with E-state index < -0.39 is 0 Å². The average molecular weight is 259 g/mol. The Kier molecular flexibility index (Phi) is 4.48. The lowest BCUT2D eigenvalue weighted by atomic mass is 10.1. The number of allylic oxidation sites excluding steroid dienone is 1. The summed E-state index contributed by atoms with van der Waals surface area (Å²) >= 11 is 0. The molecule has 1 N–H and O–H groups in total. The summed E-state index contributed by atoms with van der Waals surface area (Å²) in [6.07, 6.45) is 1.04. The minimum absolute atomic E-state index is 1.00. The van der Waals surface area contributed by atoms with Gasteiger partial charge in [0.05, 0.1) is 6.67 Å². The summed E-state index contributed by atoms with van der Waals surface area (Å²) in [5.74, 6) is 0. The highest BCUT2D eigenvalue weighted by atomic mass is 15.4. The second kappa shape index (κ2) is 6.11. The standard InChI is InChI=1S/C16H25N3/c1-5-14(3)19-9-8-18(12-19)11-15-10-13(2)6-7-16(15)17-4/h6-7,10,17H,3,5,8-9,11-12H2,1-2,4H3. The predicted molar refractivity (Wildman–Crippen MR) is 82.1 cm³/mol. The summed E-state index contributed by atoms with van der Waals surface area (Å²) in [6.45, 7) is 12.7. The molecule has 104 valence electrons. The maximum atomic E-state index is 4.13. The molecule has 3 heteroatoms. The first-order valence-electron chi connectivity index (χ1n) is 7.06. The fourth-order valence-electron chi connectivity index (χ4n) is 2.59. The van der Waals surface area contributed by atoms with E-state index in [1.54, 1.807) is 0 Å². The van der Waals surface area contributed by atoms with Crippen molar-refractivity contribution >= 4 is 5.69 Å². The number of nitrogens with one attached hydrogen (secondary N) is 1. The fourth-order valence-corrected chi connectivity index (χ4v) is 2.59. The molecule has 1 aromatic rings. The molecule has 19 heavy (non-hydrogen) atoms. The van der Waals surface area contributed by atoms with E-state index in [4.69, 9.17) is 0 Å². The Labute approximate surface area is 116 Å². The van der Waals surface area contributed by atoms with Crippen molar-refractivity contribution in [2.75, 3.05) is 32.1 Å². The summed E-state index contributed by atoms with van der Waals surface area (Å²) in [4.78, 5) is 4.87. The lowest BCUT2D eigenvalue weighted by Crippen LogP contribution is -2.24. The van der Waals surface area contributed by atoms with Crippen molar-refractivity contribution < 1.29 is 0 Å². The Morgan fingerprint density at radius 2 is 2.16 bits per heavy atom. The fraction of sp³-hybridized carbons (Fsp3) is 0.500. The largest absolute Gasteiger partial charge is 0.388 e. The smallest absolute Gasteiger partial charge is 0.0707 e. The molecule has 1 aliphatic rings. The highest BCUT2D eigenvalue weighted by Gasteiger charge is 2.20. The van der Waals surface area contributed by atoms with Gasteiger partial charge < -0.3 is 10.2 Å². The van der Waals surface area contributed by atoms with Crippen molar-refractivity contribution in [3.63, 3.8) is 0 Å². The summed E-state index contributed by atoms with van der Waals surface area (Å²) < 4.78 is 0. The molecule has 0 saturated carbocycles. The van der Waals surface area contributed by atoms with Crippen molar-refractivity contribution in [3.05, 3.63) is 41.6 Å². The minimum atomic E-state index is 1.00. The van der Waals surface area contributed by atoms with E-state index in [2.05, 4.69) is 53.7 Å². The molecule has 0 amide bonds. The number of rotatable bonds is 5. The molecule has 0 aromatic heterocycles. The van der Waals surface area contributed by atoms with Crippen LogP contribution in [0, 0.1) is 6.92 Å². The van der Waals surface area contributed by atoms with Crippen LogP contribution in [-0.2, 0) is 6.54 Å². The molecule has 0 bridgehead atoms. The van der Waals surface area contributed by atoms with Crippen LogP contribution in [0.3, 0.4) is 0 Å². The SMILES string of the molecule is C=C(CC)N1CCN(Cc2cc(C)ccc2NC)C1. The summed E-state index contributed by atoms with van der Waals surface area (Å²) in [5, 5.41) is 3.28. The van der Waals surface area contributed by atoms with Crippen molar-refractivity contribution in [1.82, 2.24) is 9.80 Å². The Hall–Kier alpha value is -1.48. The van der Waals surface area contributed by atoms with Gasteiger partial charge in [-0.3, -0.25) is 4.90 Å². The van der Waals surface area contributed by atoms with E-state index >= 15 is 0 Å². The Morgan fingerprint density at radius 1 is 1.37 bits per heavy atom. The van der Waals surface area contributed by atoms with Gasteiger partial charge in [0.15, 0.2) is 0 Å². The second-order valence-corrected chi connectivity index (χ2v) is 5.29.